The van der Waals surface area contributed by atoms with Crippen LogP contribution >= 0.6 is 11.3 Å². The fraction of sp³-hybridized carbons (Fsp3) is 0. The Morgan fingerprint density at radius 3 is 1.74 bits per heavy atom. The molecule has 13 aromatic rings. The van der Waals surface area contributed by atoms with Gasteiger partial charge in [-0.2, -0.15) is 0 Å². The summed E-state index contributed by atoms with van der Waals surface area (Å²) in [5, 5.41) is 11.9. The van der Waals surface area contributed by atoms with Gasteiger partial charge in [0.25, 0.3) is 0 Å². The first kappa shape index (κ1) is 34.8. The van der Waals surface area contributed by atoms with Gasteiger partial charge in [0.15, 0.2) is 17.5 Å². The highest BCUT2D eigenvalue weighted by molar-refractivity contribution is 7.26. The quantitative estimate of drug-likeness (QED) is 0.174. The number of fused-ring (bicyclic) bond motifs is 10. The van der Waals surface area contributed by atoms with Crippen molar-refractivity contribution in [2.75, 3.05) is 0 Å². The molecule has 5 heteroatoms. The molecule has 0 aliphatic rings. The molecule has 0 saturated heterocycles. The topological polar surface area (TPSA) is 43.6 Å². The second-order valence-corrected chi connectivity index (χ2v) is 17.0. The molecule has 10 aromatic carbocycles. The largest absolute Gasteiger partial charge is 0.308 e. The molecule has 62 heavy (non-hydrogen) atoms. The van der Waals surface area contributed by atoms with E-state index in [0.717, 1.165) is 49.7 Å². The van der Waals surface area contributed by atoms with Crippen LogP contribution in [0.25, 0.3) is 125 Å². The van der Waals surface area contributed by atoms with E-state index in [2.05, 4.69) is 205 Å². The van der Waals surface area contributed by atoms with Gasteiger partial charge >= 0.3 is 0 Å². The van der Waals surface area contributed by atoms with Crippen LogP contribution in [0.4, 0.5) is 0 Å². The number of rotatable bonds is 5. The van der Waals surface area contributed by atoms with Crippen LogP contribution in [0.1, 0.15) is 0 Å². The van der Waals surface area contributed by atoms with Gasteiger partial charge in [0.2, 0.25) is 0 Å². The van der Waals surface area contributed by atoms with Gasteiger partial charge in [-0.05, 0) is 73.8 Å². The van der Waals surface area contributed by atoms with E-state index in [1.165, 1.54) is 58.1 Å². The van der Waals surface area contributed by atoms with Crippen LogP contribution < -0.4 is 0 Å². The summed E-state index contributed by atoms with van der Waals surface area (Å²) in [4.78, 5) is 16.2. The van der Waals surface area contributed by atoms with E-state index in [4.69, 9.17) is 15.0 Å². The normalized spacial score (nSPS) is 11.9. The molecule has 3 aromatic heterocycles. The number of benzene rings is 10. The van der Waals surface area contributed by atoms with Crippen LogP contribution in [0.3, 0.4) is 0 Å². The van der Waals surface area contributed by atoms with Crippen LogP contribution in [0.15, 0.2) is 206 Å². The van der Waals surface area contributed by atoms with E-state index < -0.39 is 0 Å². The van der Waals surface area contributed by atoms with Crippen LogP contribution in [-0.4, -0.2) is 19.5 Å². The van der Waals surface area contributed by atoms with E-state index in [0.29, 0.717) is 17.5 Å². The predicted octanol–water partition coefficient (Wildman–Crippen LogP) is 15.5. The maximum absolute atomic E-state index is 5.48. The minimum atomic E-state index is 0.619. The average molecular weight is 807 g/mol. The third kappa shape index (κ3) is 5.42. The number of para-hydroxylation sites is 1. The van der Waals surface area contributed by atoms with Gasteiger partial charge in [-0.1, -0.05) is 176 Å². The van der Waals surface area contributed by atoms with Crippen molar-refractivity contribution in [3.8, 4) is 51.0 Å². The Morgan fingerprint density at radius 2 is 0.935 bits per heavy atom. The van der Waals surface area contributed by atoms with Crippen molar-refractivity contribution in [1.82, 2.24) is 19.5 Å². The first-order chi connectivity index (χ1) is 30.7. The Balaban J connectivity index is 1.16. The third-order valence-electron chi connectivity index (χ3n) is 12.4. The van der Waals surface area contributed by atoms with Crippen LogP contribution in [0.2, 0.25) is 0 Å². The fourth-order valence-corrected chi connectivity index (χ4v) is 10.7. The van der Waals surface area contributed by atoms with E-state index in [1.807, 2.05) is 17.4 Å². The predicted molar refractivity (Wildman–Crippen MR) is 261 cm³/mol. The molecule has 0 spiro atoms. The molecule has 288 valence electrons. The molecule has 0 aliphatic heterocycles. The second-order valence-electron chi connectivity index (χ2n) is 15.9. The number of hydrogen-bond acceptors (Lipinski definition) is 4. The highest BCUT2D eigenvalue weighted by atomic mass is 32.1. The van der Waals surface area contributed by atoms with Gasteiger partial charge in [-0.3, -0.25) is 0 Å². The maximum Gasteiger partial charge on any atom is 0.166 e. The molecule has 0 unspecified atom stereocenters. The summed E-state index contributed by atoms with van der Waals surface area (Å²) in [6, 6.07) is 73.8. The Bertz CT molecular complexity index is 3910. The van der Waals surface area contributed by atoms with E-state index in [1.54, 1.807) is 0 Å². The van der Waals surface area contributed by atoms with Gasteiger partial charge in [0, 0.05) is 47.6 Å². The van der Waals surface area contributed by atoms with E-state index in [9.17, 15) is 0 Å². The highest BCUT2D eigenvalue weighted by Crippen LogP contribution is 2.47. The van der Waals surface area contributed by atoms with Gasteiger partial charge < -0.3 is 4.57 Å². The molecule has 0 bridgehead atoms. The lowest BCUT2D eigenvalue weighted by atomic mass is 10.0. The molecular weight excluding hydrogens is 773 g/mol. The summed E-state index contributed by atoms with van der Waals surface area (Å²) in [7, 11) is 0. The van der Waals surface area contributed by atoms with Gasteiger partial charge in [-0.25, -0.2) is 15.0 Å². The number of hydrogen-bond donors (Lipinski definition) is 0. The second kappa shape index (κ2) is 13.8. The van der Waals surface area contributed by atoms with Crippen molar-refractivity contribution in [3.05, 3.63) is 206 Å². The van der Waals surface area contributed by atoms with Crippen molar-refractivity contribution in [2.24, 2.45) is 0 Å². The van der Waals surface area contributed by atoms with Crippen LogP contribution in [0, 0.1) is 0 Å². The summed E-state index contributed by atoms with van der Waals surface area (Å²) in [5.41, 5.74) is 8.46. The van der Waals surface area contributed by atoms with Crippen molar-refractivity contribution >= 4 is 85.6 Å². The van der Waals surface area contributed by atoms with E-state index in [-0.39, 0.29) is 0 Å². The number of aromatic nitrogens is 4. The molecule has 0 saturated carbocycles. The third-order valence-corrected chi connectivity index (χ3v) is 13.6. The van der Waals surface area contributed by atoms with Crippen LogP contribution in [-0.2, 0) is 0 Å². The zero-order chi connectivity index (χ0) is 40.7. The smallest absolute Gasteiger partial charge is 0.166 e. The SMILES string of the molecule is c1ccc(-c2ccc(-c3nc(-c4ccc5sc6c7ccccc7ccc6c5c4-n4c5ccccc5c5cc6ccccc6cc54)nc(-c4cccc5ccccc45)n3)cc2)cc1. The monoisotopic (exact) mass is 806 g/mol. The maximum atomic E-state index is 5.48. The average Bonchev–Trinajstić information content (AvgIpc) is 3.89. The molecule has 0 aliphatic carbocycles. The fourth-order valence-electron chi connectivity index (χ4n) is 9.50. The summed E-state index contributed by atoms with van der Waals surface area (Å²) < 4.78 is 4.96. The molecular formula is C57H34N4S. The number of nitrogens with zero attached hydrogens (tertiary/aromatic N) is 4. The zero-order valence-electron chi connectivity index (χ0n) is 33.3. The Hall–Kier alpha value is -7.99. The Kier molecular flexibility index (Phi) is 7.74. The van der Waals surface area contributed by atoms with Crippen LogP contribution in [0.5, 0.6) is 0 Å². The standard InChI is InChI=1S/C57H34N4S/c1-2-13-35(14-3-1)36-25-27-39(28-26-36)55-58-56(45-23-12-19-37-15-6-8-20-42(37)45)60-57(59-55)47-31-32-51-52(46-30-29-38-16-7-9-21-43(38)54(46)62-51)53(47)61-49-24-11-10-22-44(49)48-33-40-17-4-5-18-41(40)34-50(48)61/h1-34H. The van der Waals surface area contributed by atoms with Crippen molar-refractivity contribution < 1.29 is 0 Å². The lowest BCUT2D eigenvalue weighted by Gasteiger charge is -2.17. The minimum Gasteiger partial charge on any atom is -0.308 e. The molecule has 0 amide bonds. The van der Waals surface area contributed by atoms with Crippen molar-refractivity contribution in [3.63, 3.8) is 0 Å². The van der Waals surface area contributed by atoms with Gasteiger partial charge in [-0.15, -0.1) is 11.3 Å². The molecule has 13 rings (SSSR count). The summed E-state index contributed by atoms with van der Waals surface area (Å²) >= 11 is 1.85. The molecule has 0 fully saturated rings. The lowest BCUT2D eigenvalue weighted by Crippen LogP contribution is -2.04. The Morgan fingerprint density at radius 1 is 0.339 bits per heavy atom. The summed E-state index contributed by atoms with van der Waals surface area (Å²) in [5.74, 6) is 1.88. The highest BCUT2D eigenvalue weighted by Gasteiger charge is 2.25. The summed E-state index contributed by atoms with van der Waals surface area (Å²) in [6.07, 6.45) is 0. The number of thiophene rings is 1. The molecule has 0 atom stereocenters. The lowest BCUT2D eigenvalue weighted by molar-refractivity contribution is 1.07. The van der Waals surface area contributed by atoms with E-state index >= 15 is 0 Å². The van der Waals surface area contributed by atoms with Gasteiger partial charge in [0.1, 0.15) is 0 Å². The Labute approximate surface area is 360 Å². The van der Waals surface area contributed by atoms with Gasteiger partial charge in [0.05, 0.1) is 16.7 Å². The molecule has 4 nitrogen and oxygen atoms in total. The first-order valence-corrected chi connectivity index (χ1v) is 21.7. The van der Waals surface area contributed by atoms with Crippen molar-refractivity contribution in [1.29, 1.82) is 0 Å². The molecule has 0 radical (unpaired) electrons. The minimum absolute atomic E-state index is 0.619. The van der Waals surface area contributed by atoms with Crippen molar-refractivity contribution in [2.45, 2.75) is 0 Å². The zero-order valence-corrected chi connectivity index (χ0v) is 34.1. The first-order valence-electron chi connectivity index (χ1n) is 20.9. The molecule has 0 N–H and O–H groups in total. The molecule has 3 heterocycles. The summed E-state index contributed by atoms with van der Waals surface area (Å²) in [6.45, 7) is 0.